The van der Waals surface area contributed by atoms with E-state index in [0.717, 1.165) is 11.8 Å². The van der Waals surface area contributed by atoms with Gasteiger partial charge >= 0.3 is 0 Å². The summed E-state index contributed by atoms with van der Waals surface area (Å²) in [4.78, 5) is 0. The van der Waals surface area contributed by atoms with Crippen LogP contribution in [0.25, 0.3) is 0 Å². The fourth-order valence-corrected chi connectivity index (χ4v) is 5.87. The molecule has 0 aliphatic heterocycles. The van der Waals surface area contributed by atoms with E-state index in [9.17, 15) is 0 Å². The van der Waals surface area contributed by atoms with Gasteiger partial charge in [-0.05, 0) is 75.3 Å². The third-order valence-electron chi connectivity index (χ3n) is 6.22. The molecule has 0 radical (unpaired) electrons. The van der Waals surface area contributed by atoms with Gasteiger partial charge in [0.25, 0.3) is 0 Å². The lowest BCUT2D eigenvalue weighted by Gasteiger charge is -2.62. The maximum absolute atomic E-state index is 3.72. The minimum atomic E-state index is 0.452. The molecule has 4 saturated carbocycles. The van der Waals surface area contributed by atoms with Crippen molar-refractivity contribution in [1.29, 1.82) is 0 Å². The van der Waals surface area contributed by atoms with Crippen molar-refractivity contribution in [3.63, 3.8) is 0 Å². The van der Waals surface area contributed by atoms with Crippen LogP contribution in [-0.2, 0) is 5.41 Å². The monoisotopic (exact) mass is 255 g/mol. The Morgan fingerprint density at radius 1 is 1.11 bits per heavy atom. The third-order valence-corrected chi connectivity index (χ3v) is 6.22. The van der Waals surface area contributed by atoms with E-state index in [0.29, 0.717) is 11.0 Å². The first-order valence-corrected chi connectivity index (χ1v) is 7.89. The van der Waals surface area contributed by atoms with Crippen LogP contribution < -0.4 is 5.32 Å². The van der Waals surface area contributed by atoms with Gasteiger partial charge in [0.1, 0.15) is 0 Å². The number of hydrogen-bond acceptors (Lipinski definition) is 1. The first-order valence-electron chi connectivity index (χ1n) is 7.89. The Hall–Kier alpha value is -0.820. The summed E-state index contributed by atoms with van der Waals surface area (Å²) >= 11 is 0. The Morgan fingerprint density at radius 3 is 2.47 bits per heavy atom. The largest absolute Gasteiger partial charge is 0.314 e. The van der Waals surface area contributed by atoms with Crippen LogP contribution >= 0.6 is 0 Å². The third kappa shape index (κ3) is 1.71. The molecule has 0 amide bonds. The van der Waals surface area contributed by atoms with E-state index < -0.39 is 0 Å². The van der Waals surface area contributed by atoms with Crippen molar-refractivity contribution < 1.29 is 0 Å². The Balaban J connectivity index is 1.78. The van der Waals surface area contributed by atoms with Crippen LogP contribution in [0, 0.1) is 18.8 Å². The average Bonchev–Trinajstić information content (AvgIpc) is 2.37. The van der Waals surface area contributed by atoms with Crippen molar-refractivity contribution in [2.45, 2.75) is 56.4 Å². The number of aryl methyl sites for hydroxylation is 1. The quantitative estimate of drug-likeness (QED) is 0.847. The summed E-state index contributed by atoms with van der Waals surface area (Å²) < 4.78 is 0. The minimum absolute atomic E-state index is 0.452. The topological polar surface area (TPSA) is 12.0 Å². The molecule has 1 heteroatoms. The summed E-state index contributed by atoms with van der Waals surface area (Å²) in [5, 5.41) is 3.72. The predicted octanol–water partition coefficient (Wildman–Crippen LogP) is 3.80. The van der Waals surface area contributed by atoms with Crippen molar-refractivity contribution in [3.8, 4) is 0 Å². The van der Waals surface area contributed by atoms with Gasteiger partial charge in [0.2, 0.25) is 0 Å². The highest BCUT2D eigenvalue weighted by Gasteiger charge is 2.57. The number of rotatable bonds is 2. The summed E-state index contributed by atoms with van der Waals surface area (Å²) in [5.74, 6) is 1.93. The van der Waals surface area contributed by atoms with Crippen LogP contribution in [-0.4, -0.2) is 12.6 Å². The standard InChI is InChI=1S/C18H25N/c1-13-4-3-5-16(6-13)17-8-14-7-15(9-17)11-18(10-14,12-17)19-2/h3-6,14-15,19H,7-12H2,1-2H3. The molecule has 2 unspecified atom stereocenters. The zero-order valence-electron chi connectivity index (χ0n) is 12.2. The van der Waals surface area contributed by atoms with Gasteiger partial charge in [0, 0.05) is 5.54 Å². The minimum Gasteiger partial charge on any atom is -0.314 e. The van der Waals surface area contributed by atoms with Gasteiger partial charge in [0.05, 0.1) is 0 Å². The molecule has 2 atom stereocenters. The molecule has 1 aromatic carbocycles. The van der Waals surface area contributed by atoms with Crippen LogP contribution in [0.15, 0.2) is 24.3 Å². The zero-order valence-corrected chi connectivity index (χ0v) is 12.2. The van der Waals surface area contributed by atoms with Crippen molar-refractivity contribution in [2.75, 3.05) is 7.05 Å². The maximum Gasteiger partial charge on any atom is 0.0192 e. The molecule has 0 aromatic heterocycles. The first-order chi connectivity index (χ1) is 9.13. The molecule has 0 spiro atoms. The van der Waals surface area contributed by atoms with E-state index in [1.807, 2.05) is 0 Å². The molecule has 102 valence electrons. The van der Waals surface area contributed by atoms with Gasteiger partial charge in [0.15, 0.2) is 0 Å². The fraction of sp³-hybridized carbons (Fsp3) is 0.667. The molecule has 1 aromatic rings. The predicted molar refractivity (Wildman–Crippen MR) is 79.3 cm³/mol. The van der Waals surface area contributed by atoms with Crippen LogP contribution in [0.1, 0.15) is 49.7 Å². The van der Waals surface area contributed by atoms with Gasteiger partial charge in [-0.2, -0.15) is 0 Å². The second-order valence-corrected chi connectivity index (χ2v) is 7.64. The van der Waals surface area contributed by atoms with Crippen LogP contribution in [0.2, 0.25) is 0 Å². The second-order valence-electron chi connectivity index (χ2n) is 7.64. The Labute approximate surface area is 116 Å². The van der Waals surface area contributed by atoms with E-state index in [1.54, 1.807) is 5.56 Å². The first kappa shape index (κ1) is 12.0. The van der Waals surface area contributed by atoms with Crippen molar-refractivity contribution in [1.82, 2.24) is 5.32 Å². The lowest BCUT2D eigenvalue weighted by molar-refractivity contribution is -0.0373. The van der Waals surface area contributed by atoms with Gasteiger partial charge in [-0.3, -0.25) is 0 Å². The number of benzene rings is 1. The Morgan fingerprint density at radius 2 is 1.84 bits per heavy atom. The second kappa shape index (κ2) is 3.85. The fourth-order valence-electron chi connectivity index (χ4n) is 5.87. The van der Waals surface area contributed by atoms with E-state index >= 15 is 0 Å². The van der Waals surface area contributed by atoms with Crippen LogP contribution in [0.5, 0.6) is 0 Å². The van der Waals surface area contributed by atoms with Crippen LogP contribution in [0.4, 0.5) is 0 Å². The van der Waals surface area contributed by atoms with Crippen molar-refractivity contribution in [2.24, 2.45) is 11.8 Å². The van der Waals surface area contributed by atoms with E-state index in [-0.39, 0.29) is 0 Å². The van der Waals surface area contributed by atoms with Gasteiger partial charge in [-0.1, -0.05) is 29.8 Å². The summed E-state index contributed by atoms with van der Waals surface area (Å²) in [6, 6.07) is 9.34. The lowest BCUT2D eigenvalue weighted by Crippen LogP contribution is -2.62. The summed E-state index contributed by atoms with van der Waals surface area (Å²) in [5.41, 5.74) is 3.99. The average molecular weight is 255 g/mol. The molecule has 1 nitrogen and oxygen atoms in total. The van der Waals surface area contributed by atoms with Crippen molar-refractivity contribution in [3.05, 3.63) is 35.4 Å². The molecule has 4 fully saturated rings. The molecular weight excluding hydrogens is 230 g/mol. The molecule has 4 bridgehead atoms. The Kier molecular flexibility index (Phi) is 2.42. The SMILES string of the molecule is CNC12CC3CC(C1)CC(c1cccc(C)c1)(C3)C2. The normalized spacial score (nSPS) is 43.7. The smallest absolute Gasteiger partial charge is 0.0192 e. The Bertz CT molecular complexity index is 490. The molecule has 0 saturated heterocycles. The molecule has 5 rings (SSSR count). The molecule has 4 aliphatic rings. The summed E-state index contributed by atoms with van der Waals surface area (Å²) in [6.45, 7) is 2.23. The summed E-state index contributed by atoms with van der Waals surface area (Å²) in [6.07, 6.45) is 8.60. The maximum atomic E-state index is 3.72. The summed E-state index contributed by atoms with van der Waals surface area (Å²) in [7, 11) is 2.19. The molecule has 1 N–H and O–H groups in total. The highest BCUT2D eigenvalue weighted by atomic mass is 15.0. The van der Waals surface area contributed by atoms with Crippen LogP contribution in [0.3, 0.4) is 0 Å². The lowest BCUT2D eigenvalue weighted by atomic mass is 9.45. The van der Waals surface area contributed by atoms with Gasteiger partial charge < -0.3 is 5.32 Å². The molecule has 0 heterocycles. The number of hydrogen-bond donors (Lipinski definition) is 1. The van der Waals surface area contributed by atoms with Gasteiger partial charge in [-0.25, -0.2) is 0 Å². The number of nitrogens with one attached hydrogen (secondary N) is 1. The van der Waals surface area contributed by atoms with Crippen molar-refractivity contribution >= 4 is 0 Å². The molecular formula is C18H25N. The van der Waals surface area contributed by atoms with E-state index in [4.69, 9.17) is 0 Å². The molecule has 19 heavy (non-hydrogen) atoms. The van der Waals surface area contributed by atoms with E-state index in [1.165, 1.54) is 44.1 Å². The molecule has 4 aliphatic carbocycles. The van der Waals surface area contributed by atoms with Gasteiger partial charge in [-0.15, -0.1) is 0 Å². The zero-order chi connectivity index (χ0) is 13.1. The highest BCUT2D eigenvalue weighted by Crippen LogP contribution is 2.62. The van der Waals surface area contributed by atoms with E-state index in [2.05, 4.69) is 43.6 Å². The highest BCUT2D eigenvalue weighted by molar-refractivity contribution is 5.34.